The zero-order chi connectivity index (χ0) is 15.5. The van der Waals surface area contributed by atoms with E-state index in [0.29, 0.717) is 0 Å². The summed E-state index contributed by atoms with van der Waals surface area (Å²) in [5.41, 5.74) is 4.94. The van der Waals surface area contributed by atoms with Crippen LogP contribution in [0.2, 0.25) is 0 Å². The highest BCUT2D eigenvalue weighted by Crippen LogP contribution is 2.19. The summed E-state index contributed by atoms with van der Waals surface area (Å²) in [5.74, 6) is 0. The van der Waals surface area contributed by atoms with Crippen molar-refractivity contribution >= 4 is 48.9 Å². The molecule has 1 N–H and O–H groups in total. The molecule has 3 heteroatoms. The van der Waals surface area contributed by atoms with Crippen LogP contribution in [0.3, 0.4) is 0 Å². The van der Waals surface area contributed by atoms with Gasteiger partial charge in [-0.3, -0.25) is 0 Å². The van der Waals surface area contributed by atoms with E-state index in [2.05, 4.69) is 112 Å². The standard InChI is InChI=1S/C19H15Br2N/c1-14-2-8-17(9-3-14)22(18-10-4-15(20)5-11-18)19-12-6-16(21)7-13-19/h2-13H,1H3/p+1. The molecule has 3 aromatic rings. The Kier molecular flexibility index (Phi) is 4.77. The van der Waals surface area contributed by atoms with E-state index in [-0.39, 0.29) is 0 Å². The molecule has 0 saturated carbocycles. The van der Waals surface area contributed by atoms with Gasteiger partial charge in [-0.15, -0.1) is 0 Å². The number of hydrogen-bond acceptors (Lipinski definition) is 0. The molecular weight excluding hydrogens is 402 g/mol. The number of nitrogens with one attached hydrogen (secondary N) is 1. The van der Waals surface area contributed by atoms with Gasteiger partial charge in [0.05, 0.1) is 0 Å². The Labute approximate surface area is 147 Å². The van der Waals surface area contributed by atoms with E-state index in [1.54, 1.807) is 0 Å². The molecule has 0 amide bonds. The quantitative estimate of drug-likeness (QED) is 0.557. The van der Waals surface area contributed by atoms with E-state index in [1.165, 1.54) is 27.5 Å². The number of rotatable bonds is 3. The molecular formula is C19H16Br2N+. The third-order valence-electron chi connectivity index (χ3n) is 3.61. The molecule has 3 aromatic carbocycles. The van der Waals surface area contributed by atoms with Gasteiger partial charge in [0.2, 0.25) is 0 Å². The van der Waals surface area contributed by atoms with Crippen LogP contribution in [-0.4, -0.2) is 0 Å². The Balaban J connectivity index is 2.10. The molecule has 3 rings (SSSR count). The largest absolute Gasteiger partial charge is 0.238 e. The molecule has 0 atom stereocenters. The van der Waals surface area contributed by atoms with Crippen molar-refractivity contribution in [2.75, 3.05) is 0 Å². The van der Waals surface area contributed by atoms with Crippen LogP contribution in [0, 0.1) is 6.92 Å². The number of aryl methyl sites for hydroxylation is 1. The fraction of sp³-hybridized carbons (Fsp3) is 0.0526. The predicted octanol–water partition coefficient (Wildman–Crippen LogP) is 5.70. The SMILES string of the molecule is Cc1ccc([NH+](c2ccc(Br)cc2)c2ccc(Br)cc2)cc1. The van der Waals surface area contributed by atoms with Crippen molar-refractivity contribution in [3.63, 3.8) is 0 Å². The zero-order valence-electron chi connectivity index (χ0n) is 12.2. The van der Waals surface area contributed by atoms with E-state index in [4.69, 9.17) is 0 Å². The summed E-state index contributed by atoms with van der Waals surface area (Å²) in [4.78, 5) is 1.25. The molecule has 0 spiro atoms. The molecule has 0 aromatic heterocycles. The van der Waals surface area contributed by atoms with Crippen LogP contribution >= 0.6 is 31.9 Å². The fourth-order valence-corrected chi connectivity index (χ4v) is 2.98. The Morgan fingerprint density at radius 2 is 0.864 bits per heavy atom. The van der Waals surface area contributed by atoms with Gasteiger partial charge >= 0.3 is 0 Å². The summed E-state index contributed by atoms with van der Waals surface area (Å²) in [6.45, 7) is 2.11. The molecule has 0 unspecified atom stereocenters. The topological polar surface area (TPSA) is 4.44 Å². The van der Waals surface area contributed by atoms with Crippen molar-refractivity contribution in [3.05, 3.63) is 87.3 Å². The van der Waals surface area contributed by atoms with E-state index >= 15 is 0 Å². The lowest BCUT2D eigenvalue weighted by molar-refractivity contribution is -0.681. The van der Waals surface area contributed by atoms with Crippen molar-refractivity contribution in [1.82, 2.24) is 0 Å². The molecule has 0 fully saturated rings. The third kappa shape index (κ3) is 3.49. The summed E-state index contributed by atoms with van der Waals surface area (Å²) < 4.78 is 2.19. The van der Waals surface area contributed by atoms with Crippen LogP contribution in [-0.2, 0) is 0 Å². The first-order valence-corrected chi connectivity index (χ1v) is 8.68. The van der Waals surface area contributed by atoms with Crippen molar-refractivity contribution < 1.29 is 4.90 Å². The maximum Gasteiger partial charge on any atom is 0.141 e. The van der Waals surface area contributed by atoms with E-state index in [1.807, 2.05) is 0 Å². The normalized spacial score (nSPS) is 10.9. The molecule has 22 heavy (non-hydrogen) atoms. The lowest BCUT2D eigenvalue weighted by atomic mass is 10.1. The van der Waals surface area contributed by atoms with Gasteiger partial charge in [-0.05, 0) is 31.2 Å². The molecule has 0 aliphatic rings. The monoisotopic (exact) mass is 416 g/mol. The van der Waals surface area contributed by atoms with Crippen molar-refractivity contribution in [3.8, 4) is 0 Å². The van der Waals surface area contributed by atoms with Gasteiger partial charge in [-0.1, -0.05) is 49.6 Å². The summed E-state index contributed by atoms with van der Waals surface area (Å²) in [6, 6.07) is 25.7. The summed E-state index contributed by atoms with van der Waals surface area (Å²) in [6.07, 6.45) is 0. The van der Waals surface area contributed by atoms with Crippen LogP contribution in [0.4, 0.5) is 17.1 Å². The average Bonchev–Trinajstić information content (AvgIpc) is 2.53. The Hall–Kier alpha value is -1.42. The first-order valence-electron chi connectivity index (χ1n) is 7.09. The number of halogens is 2. The average molecular weight is 418 g/mol. The summed E-state index contributed by atoms with van der Waals surface area (Å²) in [5, 5.41) is 0. The Morgan fingerprint density at radius 1 is 0.545 bits per heavy atom. The highest BCUT2D eigenvalue weighted by molar-refractivity contribution is 9.10. The van der Waals surface area contributed by atoms with Gasteiger partial charge in [0, 0.05) is 45.3 Å². The van der Waals surface area contributed by atoms with Gasteiger partial charge < -0.3 is 0 Å². The van der Waals surface area contributed by atoms with Gasteiger partial charge in [0.1, 0.15) is 17.1 Å². The Bertz CT molecular complexity index is 639. The predicted molar refractivity (Wildman–Crippen MR) is 99.4 cm³/mol. The number of benzene rings is 3. The maximum atomic E-state index is 3.51. The second-order valence-electron chi connectivity index (χ2n) is 5.25. The summed E-state index contributed by atoms with van der Waals surface area (Å²) >= 11 is 7.02. The van der Waals surface area contributed by atoms with E-state index in [9.17, 15) is 0 Å². The second kappa shape index (κ2) is 6.78. The highest BCUT2D eigenvalue weighted by Gasteiger charge is 2.18. The molecule has 110 valence electrons. The molecule has 0 bridgehead atoms. The lowest BCUT2D eigenvalue weighted by Gasteiger charge is -2.18. The van der Waals surface area contributed by atoms with Gasteiger partial charge in [-0.2, -0.15) is 0 Å². The fourth-order valence-electron chi connectivity index (χ4n) is 2.45. The van der Waals surface area contributed by atoms with Gasteiger partial charge in [-0.25, -0.2) is 4.90 Å². The maximum absolute atomic E-state index is 3.51. The van der Waals surface area contributed by atoms with Crippen LogP contribution in [0.25, 0.3) is 0 Å². The second-order valence-corrected chi connectivity index (χ2v) is 7.09. The first-order chi connectivity index (χ1) is 10.6. The smallest absolute Gasteiger partial charge is 0.141 e. The van der Waals surface area contributed by atoms with Crippen LogP contribution < -0.4 is 4.90 Å². The minimum absolute atomic E-state index is 1.09. The van der Waals surface area contributed by atoms with Gasteiger partial charge in [0.25, 0.3) is 0 Å². The molecule has 0 radical (unpaired) electrons. The molecule has 1 nitrogen and oxygen atoms in total. The van der Waals surface area contributed by atoms with Crippen molar-refractivity contribution in [2.24, 2.45) is 0 Å². The molecule has 0 aliphatic heterocycles. The summed E-state index contributed by atoms with van der Waals surface area (Å²) in [7, 11) is 0. The van der Waals surface area contributed by atoms with Crippen LogP contribution in [0.15, 0.2) is 81.7 Å². The number of hydrogen-bond donors (Lipinski definition) is 1. The van der Waals surface area contributed by atoms with Crippen molar-refractivity contribution in [2.45, 2.75) is 6.92 Å². The van der Waals surface area contributed by atoms with E-state index in [0.717, 1.165) is 8.95 Å². The van der Waals surface area contributed by atoms with Crippen LogP contribution in [0.1, 0.15) is 5.56 Å². The van der Waals surface area contributed by atoms with Crippen LogP contribution in [0.5, 0.6) is 0 Å². The molecule has 0 saturated heterocycles. The minimum Gasteiger partial charge on any atom is -0.238 e. The zero-order valence-corrected chi connectivity index (χ0v) is 15.4. The van der Waals surface area contributed by atoms with Gasteiger partial charge in [0.15, 0.2) is 0 Å². The Morgan fingerprint density at radius 3 is 1.23 bits per heavy atom. The molecule has 0 aliphatic carbocycles. The van der Waals surface area contributed by atoms with Crippen molar-refractivity contribution in [1.29, 1.82) is 0 Å². The molecule has 0 heterocycles. The number of quaternary nitrogens is 1. The highest BCUT2D eigenvalue weighted by atomic mass is 79.9. The minimum atomic E-state index is 1.09. The first kappa shape index (κ1) is 15.5. The van der Waals surface area contributed by atoms with E-state index < -0.39 is 0 Å². The third-order valence-corrected chi connectivity index (χ3v) is 4.66. The lowest BCUT2D eigenvalue weighted by Crippen LogP contribution is -2.96.